The van der Waals surface area contributed by atoms with Gasteiger partial charge in [0.15, 0.2) is 5.16 Å². The summed E-state index contributed by atoms with van der Waals surface area (Å²) in [7, 11) is 1.81. The molecule has 0 saturated heterocycles. The summed E-state index contributed by atoms with van der Waals surface area (Å²) in [6.07, 6.45) is 0. The first-order chi connectivity index (χ1) is 13.0. The standard InChI is InChI=1S/C20H21N5OS/c1-25(18(26)13-27-20-23-16(21)12-17(22)24-20)19(14-8-4-2-5-9-14)15-10-6-3-7-11-15/h2-12,19H,13H2,1H3,(H4,21,22,23,24). The maximum Gasteiger partial charge on any atom is 0.233 e. The van der Waals surface area contributed by atoms with Gasteiger partial charge < -0.3 is 16.4 Å². The fourth-order valence-corrected chi connectivity index (χ4v) is 3.61. The van der Waals surface area contributed by atoms with Gasteiger partial charge >= 0.3 is 0 Å². The van der Waals surface area contributed by atoms with Gasteiger partial charge in [0.1, 0.15) is 11.6 Å². The van der Waals surface area contributed by atoms with Gasteiger partial charge in [0.05, 0.1) is 11.8 Å². The molecule has 4 N–H and O–H groups in total. The zero-order valence-corrected chi connectivity index (χ0v) is 15.8. The topological polar surface area (TPSA) is 98.1 Å². The molecule has 0 bridgehead atoms. The third kappa shape index (κ3) is 4.77. The first-order valence-corrected chi connectivity index (χ1v) is 9.41. The number of thioether (sulfide) groups is 1. The van der Waals surface area contributed by atoms with E-state index in [9.17, 15) is 4.79 Å². The van der Waals surface area contributed by atoms with E-state index in [1.807, 2.05) is 67.7 Å². The Morgan fingerprint density at radius 1 is 0.963 bits per heavy atom. The third-order valence-electron chi connectivity index (χ3n) is 4.08. The molecule has 1 aromatic heterocycles. The molecule has 3 rings (SSSR count). The van der Waals surface area contributed by atoms with Crippen LogP contribution in [0.15, 0.2) is 71.9 Å². The van der Waals surface area contributed by atoms with Gasteiger partial charge in [-0.3, -0.25) is 4.79 Å². The minimum atomic E-state index is -0.174. The monoisotopic (exact) mass is 379 g/mol. The number of nitrogen functional groups attached to an aromatic ring is 2. The van der Waals surface area contributed by atoms with Crippen molar-refractivity contribution in [3.8, 4) is 0 Å². The molecule has 0 aliphatic rings. The number of aromatic nitrogens is 2. The molecular formula is C20H21N5OS. The summed E-state index contributed by atoms with van der Waals surface area (Å²) in [6, 6.07) is 21.2. The van der Waals surface area contributed by atoms with Crippen molar-refractivity contribution in [2.45, 2.75) is 11.2 Å². The van der Waals surface area contributed by atoms with Crippen LogP contribution in [0.5, 0.6) is 0 Å². The average molecular weight is 379 g/mol. The molecule has 0 unspecified atom stereocenters. The maximum atomic E-state index is 12.9. The highest BCUT2D eigenvalue weighted by molar-refractivity contribution is 7.99. The summed E-state index contributed by atoms with van der Waals surface area (Å²) < 4.78 is 0. The summed E-state index contributed by atoms with van der Waals surface area (Å²) in [5, 5.41) is 0.394. The Morgan fingerprint density at radius 3 is 1.93 bits per heavy atom. The van der Waals surface area contributed by atoms with E-state index in [-0.39, 0.29) is 29.3 Å². The van der Waals surface area contributed by atoms with Crippen molar-refractivity contribution in [3.63, 3.8) is 0 Å². The highest BCUT2D eigenvalue weighted by Gasteiger charge is 2.23. The number of hydrogen-bond acceptors (Lipinski definition) is 6. The first-order valence-electron chi connectivity index (χ1n) is 8.43. The molecule has 0 atom stereocenters. The molecule has 0 radical (unpaired) electrons. The lowest BCUT2D eigenvalue weighted by Crippen LogP contribution is -2.33. The van der Waals surface area contributed by atoms with Crippen LogP contribution in [0.1, 0.15) is 17.2 Å². The van der Waals surface area contributed by atoms with Crippen LogP contribution in [0.2, 0.25) is 0 Å². The summed E-state index contributed by atoms with van der Waals surface area (Å²) in [5.74, 6) is 0.729. The molecular weight excluding hydrogens is 358 g/mol. The Balaban J connectivity index is 1.79. The lowest BCUT2D eigenvalue weighted by atomic mass is 9.97. The van der Waals surface area contributed by atoms with Crippen molar-refractivity contribution < 1.29 is 4.79 Å². The number of hydrogen-bond donors (Lipinski definition) is 2. The van der Waals surface area contributed by atoms with Crippen molar-refractivity contribution in [1.82, 2.24) is 14.9 Å². The number of amides is 1. The predicted octanol–water partition coefficient (Wildman–Crippen LogP) is 2.98. The molecule has 1 heterocycles. The number of benzene rings is 2. The van der Waals surface area contributed by atoms with Crippen molar-refractivity contribution in [1.29, 1.82) is 0 Å². The highest BCUT2D eigenvalue weighted by atomic mass is 32.2. The molecule has 1 amide bonds. The SMILES string of the molecule is CN(C(=O)CSc1nc(N)cc(N)n1)C(c1ccccc1)c1ccccc1. The lowest BCUT2D eigenvalue weighted by molar-refractivity contribution is -0.128. The number of nitrogens with zero attached hydrogens (tertiary/aromatic N) is 3. The Hall–Kier alpha value is -3.06. The Bertz CT molecular complexity index is 845. The average Bonchev–Trinajstić information content (AvgIpc) is 2.67. The molecule has 6 nitrogen and oxygen atoms in total. The van der Waals surface area contributed by atoms with Crippen LogP contribution >= 0.6 is 11.8 Å². The smallest absolute Gasteiger partial charge is 0.233 e. The molecule has 3 aromatic rings. The van der Waals surface area contributed by atoms with E-state index in [2.05, 4.69) is 9.97 Å². The molecule has 7 heteroatoms. The van der Waals surface area contributed by atoms with E-state index in [0.717, 1.165) is 11.1 Å². The summed E-state index contributed by atoms with van der Waals surface area (Å²) in [5.41, 5.74) is 13.5. The van der Waals surface area contributed by atoms with Gasteiger partial charge in [-0.2, -0.15) is 0 Å². The van der Waals surface area contributed by atoms with Gasteiger partial charge in [0.25, 0.3) is 0 Å². The molecule has 0 spiro atoms. The fourth-order valence-electron chi connectivity index (χ4n) is 2.81. The molecule has 2 aromatic carbocycles. The van der Waals surface area contributed by atoms with Crippen molar-refractivity contribution >= 4 is 29.3 Å². The van der Waals surface area contributed by atoms with Crippen molar-refractivity contribution in [2.75, 3.05) is 24.3 Å². The van der Waals surface area contributed by atoms with Crippen LogP contribution in [-0.4, -0.2) is 33.6 Å². The lowest BCUT2D eigenvalue weighted by Gasteiger charge is -2.29. The predicted molar refractivity (Wildman–Crippen MR) is 109 cm³/mol. The van der Waals surface area contributed by atoms with E-state index < -0.39 is 0 Å². The number of carbonyl (C=O) groups is 1. The number of carbonyl (C=O) groups excluding carboxylic acids is 1. The van der Waals surface area contributed by atoms with Gasteiger partial charge in [-0.05, 0) is 11.1 Å². The number of nitrogens with two attached hydrogens (primary N) is 2. The quantitative estimate of drug-likeness (QED) is 0.505. The molecule has 0 saturated carbocycles. The van der Waals surface area contributed by atoms with Gasteiger partial charge in [0, 0.05) is 13.1 Å². The number of anilines is 2. The van der Waals surface area contributed by atoms with Crippen molar-refractivity contribution in [3.05, 3.63) is 77.9 Å². The molecule has 138 valence electrons. The summed E-state index contributed by atoms with van der Waals surface area (Å²) in [6.45, 7) is 0. The van der Waals surface area contributed by atoms with E-state index >= 15 is 0 Å². The van der Waals surface area contributed by atoms with Crippen LogP contribution in [0.3, 0.4) is 0 Å². The van der Waals surface area contributed by atoms with Crippen LogP contribution < -0.4 is 11.5 Å². The summed E-state index contributed by atoms with van der Waals surface area (Å²) in [4.78, 5) is 22.8. The zero-order valence-electron chi connectivity index (χ0n) is 14.9. The summed E-state index contributed by atoms with van der Waals surface area (Å²) >= 11 is 1.22. The van der Waals surface area contributed by atoms with Gasteiger partial charge in [-0.1, -0.05) is 72.4 Å². The minimum Gasteiger partial charge on any atom is -0.383 e. The second-order valence-corrected chi connectivity index (χ2v) is 6.96. The first kappa shape index (κ1) is 18.7. The highest BCUT2D eigenvalue weighted by Crippen LogP contribution is 2.28. The van der Waals surface area contributed by atoms with Gasteiger partial charge in [-0.15, -0.1) is 0 Å². The van der Waals surface area contributed by atoms with Crippen LogP contribution in [-0.2, 0) is 4.79 Å². The second-order valence-electron chi connectivity index (χ2n) is 6.02. The fraction of sp³-hybridized carbons (Fsp3) is 0.150. The molecule has 0 aliphatic carbocycles. The Kier molecular flexibility index (Phi) is 5.93. The van der Waals surface area contributed by atoms with Crippen LogP contribution in [0, 0.1) is 0 Å². The van der Waals surface area contributed by atoms with Gasteiger partial charge in [-0.25, -0.2) is 9.97 Å². The van der Waals surface area contributed by atoms with E-state index in [0.29, 0.717) is 5.16 Å². The molecule has 0 aliphatic heterocycles. The second kappa shape index (κ2) is 8.55. The maximum absolute atomic E-state index is 12.9. The van der Waals surface area contributed by atoms with Crippen molar-refractivity contribution in [2.24, 2.45) is 0 Å². The Labute approximate surface area is 162 Å². The minimum absolute atomic E-state index is 0.0395. The van der Waals surface area contributed by atoms with Crippen LogP contribution in [0.25, 0.3) is 0 Å². The zero-order chi connectivity index (χ0) is 19.2. The van der Waals surface area contributed by atoms with E-state index in [1.54, 1.807) is 4.90 Å². The largest absolute Gasteiger partial charge is 0.383 e. The van der Waals surface area contributed by atoms with E-state index in [1.165, 1.54) is 17.8 Å². The van der Waals surface area contributed by atoms with Gasteiger partial charge in [0.2, 0.25) is 5.91 Å². The number of rotatable bonds is 6. The van der Waals surface area contributed by atoms with E-state index in [4.69, 9.17) is 11.5 Å². The Morgan fingerprint density at radius 2 is 1.44 bits per heavy atom. The third-order valence-corrected chi connectivity index (χ3v) is 4.91. The molecule has 0 fully saturated rings. The molecule has 27 heavy (non-hydrogen) atoms. The van der Waals surface area contributed by atoms with Crippen LogP contribution in [0.4, 0.5) is 11.6 Å². The normalized spacial score (nSPS) is 10.7.